The molecule has 2 aromatic heterocycles. The van der Waals surface area contributed by atoms with Gasteiger partial charge in [-0.25, -0.2) is 19.4 Å². The molecular formula is C58H102N8O15P+. The van der Waals surface area contributed by atoms with Crippen LogP contribution in [0, 0.1) is 0 Å². The third-order valence-electron chi connectivity index (χ3n) is 17.9. The van der Waals surface area contributed by atoms with Crippen LogP contribution < -0.4 is 34.0 Å². The van der Waals surface area contributed by atoms with Gasteiger partial charge in [-0.3, -0.25) is 49.0 Å². The van der Waals surface area contributed by atoms with Gasteiger partial charge >= 0.3 is 19.6 Å². The van der Waals surface area contributed by atoms with E-state index >= 15 is 0 Å². The summed E-state index contributed by atoms with van der Waals surface area (Å²) in [6, 6.07) is 1.91. The zero-order chi connectivity index (χ0) is 58.9. The summed E-state index contributed by atoms with van der Waals surface area (Å²) in [7, 11) is -2.88. The first-order valence-electron chi connectivity index (χ1n) is 31.3. The minimum absolute atomic E-state index is 0.0773. The molecule has 23 nitrogen and oxygen atoms in total. The number of aliphatic hydroxyl groups is 2. The molecule has 4 aliphatic heterocycles. The van der Waals surface area contributed by atoms with E-state index in [0.29, 0.717) is 51.9 Å². The van der Waals surface area contributed by atoms with E-state index in [1.807, 2.05) is 0 Å². The van der Waals surface area contributed by atoms with Crippen LogP contribution in [0.25, 0.3) is 0 Å². The second-order valence-corrected chi connectivity index (χ2v) is 25.1. The SMILES string of the molecule is CCCCCCCCCCCCCCC(CO[P+](=O)OCC(CCCCCCCCCCCCCC)(C[C@H]1O[C@@H](n2ccc(=O)[nH]c2=O)[C@H](OO)[C@H]1OO)N1CCC(N)C1)(C[C@H]1O[C@@H](n2ccc(=O)[nH]c2=O)[C@H](O)[C@@H]1O)N1CCC(N)C1. The third kappa shape index (κ3) is 20.0. The van der Waals surface area contributed by atoms with E-state index in [1.165, 1.54) is 102 Å². The fourth-order valence-electron chi connectivity index (χ4n) is 13.1. The lowest BCUT2D eigenvalue weighted by molar-refractivity contribution is -0.354. The van der Waals surface area contributed by atoms with E-state index in [-0.39, 0.29) is 38.1 Å². The third-order valence-corrected chi connectivity index (χ3v) is 18.6. The zero-order valence-corrected chi connectivity index (χ0v) is 50.1. The Labute approximate surface area is 484 Å². The van der Waals surface area contributed by atoms with E-state index in [9.17, 15) is 44.5 Å². The predicted octanol–water partition coefficient (Wildman–Crippen LogP) is 7.52. The molecular weight excluding hydrogens is 1080 g/mol. The number of unbranched alkanes of at least 4 members (excludes halogenated alkanes) is 22. The van der Waals surface area contributed by atoms with Crippen LogP contribution in [0.4, 0.5) is 0 Å². The molecule has 4 aliphatic rings. The van der Waals surface area contributed by atoms with Crippen molar-refractivity contribution in [2.45, 2.75) is 279 Å². The lowest BCUT2D eigenvalue weighted by Gasteiger charge is -2.43. The first-order chi connectivity index (χ1) is 39.7. The molecule has 4 saturated heterocycles. The number of aliphatic hydroxyl groups excluding tert-OH is 2. The Morgan fingerprint density at radius 1 is 0.561 bits per heavy atom. The Bertz CT molecular complexity index is 2400. The molecule has 0 spiro atoms. The summed E-state index contributed by atoms with van der Waals surface area (Å²) in [6.45, 7) is 6.24. The maximum atomic E-state index is 14.7. The Hall–Kier alpha value is -3.10. The number of nitrogens with two attached hydrogens (primary N) is 2. The molecule has 0 bridgehead atoms. The van der Waals surface area contributed by atoms with E-state index < -0.39 is 90.9 Å². The Morgan fingerprint density at radius 2 is 0.939 bits per heavy atom. The normalized spacial score (nSPS) is 26.9. The maximum Gasteiger partial charge on any atom is 0.697 e. The number of ether oxygens (including phenoxy) is 2. The molecule has 4 fully saturated rings. The van der Waals surface area contributed by atoms with Crippen LogP contribution in [0.5, 0.6) is 0 Å². The number of rotatable bonds is 42. The minimum Gasteiger partial charge on any atom is -0.388 e. The van der Waals surface area contributed by atoms with E-state index in [1.54, 1.807) is 0 Å². The average molecular weight is 1180 g/mol. The van der Waals surface area contributed by atoms with Crippen LogP contribution in [-0.4, -0.2) is 149 Å². The van der Waals surface area contributed by atoms with Gasteiger partial charge in [0.15, 0.2) is 24.7 Å². The highest BCUT2D eigenvalue weighted by Crippen LogP contribution is 2.44. The van der Waals surface area contributed by atoms with Crippen molar-refractivity contribution in [1.82, 2.24) is 28.9 Å². The molecule has 0 saturated carbocycles. The second kappa shape index (κ2) is 35.5. The van der Waals surface area contributed by atoms with Crippen LogP contribution in [0.1, 0.15) is 219 Å². The van der Waals surface area contributed by atoms with E-state index in [4.69, 9.17) is 39.8 Å². The number of aromatic nitrogens is 4. The molecule has 0 amide bonds. The number of hydrogen-bond donors (Lipinski definition) is 8. The van der Waals surface area contributed by atoms with Crippen molar-refractivity contribution < 1.29 is 53.6 Å². The minimum atomic E-state index is -2.88. The van der Waals surface area contributed by atoms with Crippen LogP contribution in [0.2, 0.25) is 0 Å². The molecule has 0 aromatic carbocycles. The number of hydrogen-bond acceptors (Lipinski definition) is 19. The molecule has 468 valence electrons. The van der Waals surface area contributed by atoms with Gasteiger partial charge in [0.1, 0.15) is 25.4 Å². The molecule has 13 atom stereocenters. The summed E-state index contributed by atoms with van der Waals surface area (Å²) in [5, 5.41) is 43.8. The molecule has 2 aromatic rings. The molecule has 5 unspecified atom stereocenters. The Balaban J connectivity index is 1.23. The summed E-state index contributed by atoms with van der Waals surface area (Å²) >= 11 is 0. The number of H-pyrrole nitrogens is 2. The lowest BCUT2D eigenvalue weighted by Crippen LogP contribution is -2.55. The quantitative estimate of drug-likeness (QED) is 0.0138. The van der Waals surface area contributed by atoms with Crippen molar-refractivity contribution in [3.05, 3.63) is 66.2 Å². The smallest absolute Gasteiger partial charge is 0.388 e. The first kappa shape index (κ1) is 68.0. The van der Waals surface area contributed by atoms with Crippen molar-refractivity contribution >= 4 is 8.25 Å². The number of nitrogens with zero attached hydrogens (tertiary/aromatic N) is 4. The van der Waals surface area contributed by atoms with Gasteiger partial charge in [-0.05, 0) is 38.5 Å². The predicted molar refractivity (Wildman–Crippen MR) is 311 cm³/mol. The lowest BCUT2D eigenvalue weighted by atomic mass is 9.83. The average Bonchev–Trinajstić information content (AvgIpc) is 4.31. The van der Waals surface area contributed by atoms with Gasteiger partial charge in [-0.1, -0.05) is 168 Å². The molecule has 24 heteroatoms. The second-order valence-electron chi connectivity index (χ2n) is 24.2. The summed E-state index contributed by atoms with van der Waals surface area (Å²) in [4.78, 5) is 68.7. The van der Waals surface area contributed by atoms with Gasteiger partial charge in [0.2, 0.25) is 0 Å². The van der Waals surface area contributed by atoms with E-state index in [2.05, 4.69) is 33.6 Å². The Morgan fingerprint density at radius 3 is 1.32 bits per heavy atom. The monoisotopic (exact) mass is 1180 g/mol. The highest BCUT2D eigenvalue weighted by molar-refractivity contribution is 7.33. The number of aromatic amines is 2. The van der Waals surface area contributed by atoms with Gasteiger partial charge in [0.05, 0.1) is 23.3 Å². The first-order valence-corrected chi connectivity index (χ1v) is 32.4. The molecule has 6 heterocycles. The molecule has 10 N–H and O–H groups in total. The standard InChI is InChI=1S/C58H101N8O15P/c1-3-5-7-9-11-13-15-17-19-21-23-25-31-57(63-33-27-43(59)39-63,37-45-49(69)50(70)53(78-45)65-35-29-47(67)61-55(65)71)41-76-82(75)77-42-58(64-34-28-44(60)40-64,32-26-24-22-20-18-16-14-12-10-8-6-4-2)38-46-51(80-73)52(81-74)54(79-46)66-36-30-48(68)62-56(66)72/h29-30,35-36,43-46,49-54,69-70H,3-28,31-34,37-42,59-60H2,1-2H3,(H3-,61,62,67,68,71,72,73,74)/p+1/t43?,44?,45-,46-,49-,50-,51+,52-,53-,54-,57?,58?/m1/s1. The summed E-state index contributed by atoms with van der Waals surface area (Å²) in [5.74, 6) is 0. The van der Waals surface area contributed by atoms with Crippen LogP contribution >= 0.6 is 8.25 Å². The van der Waals surface area contributed by atoms with Gasteiger partial charge in [0, 0.05) is 67.4 Å². The topological polar surface area (TPSA) is 322 Å². The van der Waals surface area contributed by atoms with Crippen molar-refractivity contribution in [3.8, 4) is 0 Å². The van der Waals surface area contributed by atoms with Crippen LogP contribution in [0.15, 0.2) is 43.7 Å². The number of likely N-dealkylation sites (tertiary alicyclic amines) is 2. The molecule has 6 rings (SSSR count). The maximum absolute atomic E-state index is 14.7. The van der Waals surface area contributed by atoms with Crippen molar-refractivity contribution in [1.29, 1.82) is 0 Å². The van der Waals surface area contributed by atoms with Gasteiger partial charge < -0.3 is 31.2 Å². The molecule has 0 radical (unpaired) electrons. The largest absolute Gasteiger partial charge is 0.697 e. The highest BCUT2D eigenvalue weighted by Gasteiger charge is 2.55. The zero-order valence-electron chi connectivity index (χ0n) is 49.2. The van der Waals surface area contributed by atoms with Gasteiger partial charge in [-0.2, -0.15) is 0 Å². The molecule has 0 aliphatic carbocycles. The summed E-state index contributed by atoms with van der Waals surface area (Å²) < 4.78 is 42.5. The van der Waals surface area contributed by atoms with Gasteiger partial charge in [0.25, 0.3) is 11.1 Å². The fraction of sp³-hybridized carbons (Fsp3) is 0.862. The summed E-state index contributed by atoms with van der Waals surface area (Å²) in [5.41, 5.74) is 8.41. The van der Waals surface area contributed by atoms with E-state index in [0.717, 1.165) is 85.5 Å². The van der Waals surface area contributed by atoms with Crippen molar-refractivity contribution in [2.75, 3.05) is 39.4 Å². The molecule has 82 heavy (non-hydrogen) atoms. The Kier molecular flexibility index (Phi) is 29.5. The number of nitrogens with one attached hydrogen (secondary N) is 2. The van der Waals surface area contributed by atoms with Crippen LogP contribution in [0.3, 0.4) is 0 Å². The van der Waals surface area contributed by atoms with Gasteiger partial charge in [-0.15, -0.1) is 9.05 Å². The fourth-order valence-corrected chi connectivity index (χ4v) is 13.9. The van der Waals surface area contributed by atoms with Crippen molar-refractivity contribution in [3.63, 3.8) is 0 Å². The highest BCUT2D eigenvalue weighted by atomic mass is 31.1. The van der Waals surface area contributed by atoms with Crippen LogP contribution in [-0.2, 0) is 32.9 Å². The summed E-state index contributed by atoms with van der Waals surface area (Å²) in [6.07, 6.45) is 21.9. The van der Waals surface area contributed by atoms with Crippen molar-refractivity contribution in [2.24, 2.45) is 11.5 Å².